The molecule has 2 fully saturated rings. The summed E-state index contributed by atoms with van der Waals surface area (Å²) in [6.45, 7) is 5.50. The van der Waals surface area contributed by atoms with E-state index in [4.69, 9.17) is 0 Å². The van der Waals surface area contributed by atoms with Crippen molar-refractivity contribution in [3.8, 4) is 0 Å². The van der Waals surface area contributed by atoms with E-state index in [1.54, 1.807) is 6.33 Å². The summed E-state index contributed by atoms with van der Waals surface area (Å²) in [5, 5.41) is 7.98. The van der Waals surface area contributed by atoms with E-state index in [2.05, 4.69) is 33.9 Å². The summed E-state index contributed by atoms with van der Waals surface area (Å²) in [5.74, 6) is 1.16. The van der Waals surface area contributed by atoms with Crippen molar-refractivity contribution in [2.75, 3.05) is 6.54 Å². The Bertz CT molecular complexity index is 388. The van der Waals surface area contributed by atoms with Gasteiger partial charge in [-0.05, 0) is 44.9 Å². The van der Waals surface area contributed by atoms with Gasteiger partial charge in [0.2, 0.25) is 0 Å². The third-order valence-electron chi connectivity index (χ3n) is 3.97. The van der Waals surface area contributed by atoms with Gasteiger partial charge < -0.3 is 5.32 Å². The van der Waals surface area contributed by atoms with Crippen LogP contribution >= 0.6 is 0 Å². The van der Waals surface area contributed by atoms with Crippen molar-refractivity contribution in [2.24, 2.45) is 5.41 Å². The van der Waals surface area contributed by atoms with E-state index in [9.17, 15) is 0 Å². The zero-order valence-electron chi connectivity index (χ0n) is 10.8. The van der Waals surface area contributed by atoms with Gasteiger partial charge in [0.15, 0.2) is 0 Å². The molecular formula is C13H22N4. The molecule has 17 heavy (non-hydrogen) atoms. The van der Waals surface area contributed by atoms with E-state index in [-0.39, 0.29) is 0 Å². The Balaban J connectivity index is 1.62. The number of rotatable bonds is 6. The minimum atomic E-state index is 0.416. The Morgan fingerprint density at radius 1 is 1.47 bits per heavy atom. The SMILES string of the molecule is CC(C)n1ncnc1CC1(CNC2CC2)CC1. The molecule has 1 aromatic rings. The second-order valence-corrected chi connectivity index (χ2v) is 6.05. The summed E-state index contributed by atoms with van der Waals surface area (Å²) in [7, 11) is 0. The zero-order valence-corrected chi connectivity index (χ0v) is 10.8. The molecule has 2 aliphatic carbocycles. The number of nitrogens with zero attached hydrogens (tertiary/aromatic N) is 3. The minimum Gasteiger partial charge on any atom is -0.313 e. The van der Waals surface area contributed by atoms with Crippen LogP contribution in [0, 0.1) is 5.41 Å². The topological polar surface area (TPSA) is 42.7 Å². The van der Waals surface area contributed by atoms with Gasteiger partial charge in [-0.3, -0.25) is 0 Å². The fourth-order valence-electron chi connectivity index (χ4n) is 2.41. The number of nitrogens with one attached hydrogen (secondary N) is 1. The van der Waals surface area contributed by atoms with E-state index < -0.39 is 0 Å². The molecule has 4 heteroatoms. The van der Waals surface area contributed by atoms with Gasteiger partial charge in [0.1, 0.15) is 12.2 Å². The van der Waals surface area contributed by atoms with E-state index in [1.807, 2.05) is 0 Å². The molecule has 1 heterocycles. The predicted molar refractivity (Wildman–Crippen MR) is 66.8 cm³/mol. The maximum absolute atomic E-state index is 4.43. The van der Waals surface area contributed by atoms with Gasteiger partial charge >= 0.3 is 0 Å². The summed E-state index contributed by atoms with van der Waals surface area (Å²) in [5.41, 5.74) is 0.488. The Morgan fingerprint density at radius 2 is 2.24 bits per heavy atom. The number of hydrogen-bond donors (Lipinski definition) is 1. The van der Waals surface area contributed by atoms with Gasteiger partial charge in [0.05, 0.1) is 0 Å². The molecule has 3 rings (SSSR count). The highest BCUT2D eigenvalue weighted by Gasteiger charge is 2.44. The highest BCUT2D eigenvalue weighted by Crippen LogP contribution is 2.48. The lowest BCUT2D eigenvalue weighted by Gasteiger charge is -2.17. The van der Waals surface area contributed by atoms with Crippen LogP contribution in [0.2, 0.25) is 0 Å². The van der Waals surface area contributed by atoms with Crippen LogP contribution in [0.25, 0.3) is 0 Å². The van der Waals surface area contributed by atoms with E-state index >= 15 is 0 Å². The molecule has 0 saturated heterocycles. The van der Waals surface area contributed by atoms with Crippen LogP contribution in [0.5, 0.6) is 0 Å². The van der Waals surface area contributed by atoms with Crippen molar-refractivity contribution < 1.29 is 0 Å². The van der Waals surface area contributed by atoms with Crippen molar-refractivity contribution in [1.29, 1.82) is 0 Å². The van der Waals surface area contributed by atoms with Crippen LogP contribution in [0.1, 0.15) is 51.4 Å². The molecule has 0 amide bonds. The van der Waals surface area contributed by atoms with Crippen LogP contribution in [0.4, 0.5) is 0 Å². The summed E-state index contributed by atoms with van der Waals surface area (Å²) in [6.07, 6.45) is 8.22. The van der Waals surface area contributed by atoms with Gasteiger partial charge in [0, 0.05) is 25.0 Å². The third kappa shape index (κ3) is 2.51. The second kappa shape index (κ2) is 4.09. The Labute approximate surface area is 103 Å². The number of hydrogen-bond acceptors (Lipinski definition) is 3. The molecule has 1 N–H and O–H groups in total. The molecule has 0 aliphatic heterocycles. The molecule has 0 aromatic carbocycles. The van der Waals surface area contributed by atoms with Crippen LogP contribution in [-0.2, 0) is 6.42 Å². The van der Waals surface area contributed by atoms with E-state index in [0.29, 0.717) is 11.5 Å². The Morgan fingerprint density at radius 3 is 2.82 bits per heavy atom. The normalized spacial score (nSPS) is 22.1. The minimum absolute atomic E-state index is 0.416. The van der Waals surface area contributed by atoms with E-state index in [0.717, 1.165) is 18.3 Å². The lowest BCUT2D eigenvalue weighted by molar-refractivity contribution is 0.415. The first kappa shape index (κ1) is 11.2. The molecule has 2 aliphatic rings. The highest BCUT2D eigenvalue weighted by atomic mass is 15.3. The van der Waals surface area contributed by atoms with Crippen LogP contribution < -0.4 is 5.32 Å². The summed E-state index contributed by atoms with van der Waals surface area (Å²) in [6, 6.07) is 1.23. The Hall–Kier alpha value is -0.900. The quantitative estimate of drug-likeness (QED) is 0.818. The molecule has 0 spiro atoms. The van der Waals surface area contributed by atoms with Crippen molar-refractivity contribution in [3.63, 3.8) is 0 Å². The lowest BCUT2D eigenvalue weighted by Crippen LogP contribution is -2.28. The fraction of sp³-hybridized carbons (Fsp3) is 0.846. The third-order valence-corrected chi connectivity index (χ3v) is 3.97. The average molecular weight is 234 g/mol. The van der Waals surface area contributed by atoms with Gasteiger partial charge in [0.25, 0.3) is 0 Å². The average Bonchev–Trinajstić information content (AvgIpc) is 3.17. The summed E-state index contributed by atoms with van der Waals surface area (Å²) < 4.78 is 2.07. The second-order valence-electron chi connectivity index (χ2n) is 6.05. The first-order valence-corrected chi connectivity index (χ1v) is 6.80. The van der Waals surface area contributed by atoms with E-state index in [1.165, 1.54) is 32.2 Å². The van der Waals surface area contributed by atoms with Crippen molar-refractivity contribution in [2.45, 2.75) is 58.0 Å². The molecule has 4 nitrogen and oxygen atoms in total. The lowest BCUT2D eigenvalue weighted by atomic mass is 10.0. The molecule has 94 valence electrons. The molecule has 0 bridgehead atoms. The molecule has 1 aromatic heterocycles. The van der Waals surface area contributed by atoms with Crippen LogP contribution in [0.3, 0.4) is 0 Å². The molecule has 0 radical (unpaired) electrons. The van der Waals surface area contributed by atoms with Gasteiger partial charge in [-0.1, -0.05) is 0 Å². The van der Waals surface area contributed by atoms with Gasteiger partial charge in [-0.25, -0.2) is 9.67 Å². The standard InChI is InChI=1S/C13H22N4/c1-10(2)17-12(15-9-16-17)7-13(5-6-13)8-14-11-3-4-11/h9-11,14H,3-8H2,1-2H3. The maximum atomic E-state index is 4.43. The molecule has 2 saturated carbocycles. The van der Waals surface area contributed by atoms with Gasteiger partial charge in [-0.2, -0.15) is 5.10 Å². The molecule has 0 unspecified atom stereocenters. The van der Waals surface area contributed by atoms with Crippen molar-refractivity contribution in [1.82, 2.24) is 20.1 Å². The van der Waals surface area contributed by atoms with Crippen molar-refractivity contribution >= 4 is 0 Å². The maximum Gasteiger partial charge on any atom is 0.138 e. The first-order chi connectivity index (χ1) is 8.19. The van der Waals surface area contributed by atoms with Crippen LogP contribution in [-0.4, -0.2) is 27.4 Å². The molecular weight excluding hydrogens is 212 g/mol. The van der Waals surface area contributed by atoms with Crippen LogP contribution in [0.15, 0.2) is 6.33 Å². The smallest absolute Gasteiger partial charge is 0.138 e. The van der Waals surface area contributed by atoms with Crippen molar-refractivity contribution in [3.05, 3.63) is 12.2 Å². The number of aromatic nitrogens is 3. The predicted octanol–water partition coefficient (Wildman–Crippen LogP) is 1.93. The monoisotopic (exact) mass is 234 g/mol. The zero-order chi connectivity index (χ0) is 11.9. The summed E-state index contributed by atoms with van der Waals surface area (Å²) >= 11 is 0. The first-order valence-electron chi connectivity index (χ1n) is 6.80. The summed E-state index contributed by atoms with van der Waals surface area (Å²) in [4.78, 5) is 4.43. The largest absolute Gasteiger partial charge is 0.313 e. The molecule has 0 atom stereocenters. The highest BCUT2D eigenvalue weighted by molar-refractivity contribution is 5.04. The fourth-order valence-corrected chi connectivity index (χ4v) is 2.41. The Kier molecular flexibility index (Phi) is 2.69. The van der Waals surface area contributed by atoms with Gasteiger partial charge in [-0.15, -0.1) is 0 Å².